The van der Waals surface area contributed by atoms with Crippen molar-refractivity contribution >= 4 is 27.5 Å². The number of hydrogen-bond acceptors (Lipinski definition) is 1. The van der Waals surface area contributed by atoms with Crippen molar-refractivity contribution < 1.29 is 4.74 Å². The molecule has 1 aliphatic rings. The summed E-state index contributed by atoms with van der Waals surface area (Å²) in [5, 5.41) is 1.81. The van der Waals surface area contributed by atoms with Gasteiger partial charge in [-0.3, -0.25) is 0 Å². The number of rotatable bonds is 4. The number of aryl methyl sites for hydroxylation is 2. The highest BCUT2D eigenvalue weighted by molar-refractivity contribution is 9.09. The van der Waals surface area contributed by atoms with Crippen LogP contribution in [-0.4, -0.2) is 11.9 Å². The van der Waals surface area contributed by atoms with Crippen LogP contribution in [0.3, 0.4) is 0 Å². The van der Waals surface area contributed by atoms with Gasteiger partial charge in [-0.2, -0.15) is 0 Å². The largest absolute Gasteiger partial charge is 0.492 e. The molecule has 1 saturated carbocycles. The third-order valence-corrected chi connectivity index (χ3v) is 4.60. The van der Waals surface area contributed by atoms with Gasteiger partial charge < -0.3 is 4.74 Å². The van der Waals surface area contributed by atoms with Crippen LogP contribution in [0.2, 0.25) is 5.02 Å². The van der Waals surface area contributed by atoms with Gasteiger partial charge in [0.15, 0.2) is 0 Å². The van der Waals surface area contributed by atoms with Crippen LogP contribution in [0.25, 0.3) is 0 Å². The van der Waals surface area contributed by atoms with E-state index in [1.807, 2.05) is 26.0 Å². The average Bonchev–Trinajstić information content (AvgIpc) is 2.97. The summed E-state index contributed by atoms with van der Waals surface area (Å²) in [5.41, 5.74) is 2.63. The number of benzene rings is 1. The van der Waals surface area contributed by atoms with E-state index in [-0.39, 0.29) is 0 Å². The fourth-order valence-corrected chi connectivity index (χ4v) is 2.89. The summed E-state index contributed by atoms with van der Waals surface area (Å²) in [6.07, 6.45) is 2.54. The topological polar surface area (TPSA) is 9.23 Å². The Labute approximate surface area is 110 Å². The van der Waals surface area contributed by atoms with Crippen LogP contribution >= 0.6 is 27.5 Å². The van der Waals surface area contributed by atoms with Crippen molar-refractivity contribution in [1.29, 1.82) is 0 Å². The lowest BCUT2D eigenvalue weighted by Gasteiger charge is -2.17. The molecule has 0 spiro atoms. The maximum absolute atomic E-state index is 5.99. The van der Waals surface area contributed by atoms with Crippen molar-refractivity contribution in [1.82, 2.24) is 0 Å². The van der Waals surface area contributed by atoms with Gasteiger partial charge in [0, 0.05) is 15.8 Å². The Morgan fingerprint density at radius 1 is 1.31 bits per heavy atom. The van der Waals surface area contributed by atoms with E-state index < -0.39 is 0 Å². The second-order valence-electron chi connectivity index (χ2n) is 4.79. The van der Waals surface area contributed by atoms with Crippen LogP contribution in [0.1, 0.15) is 24.0 Å². The molecule has 0 aromatic heterocycles. The van der Waals surface area contributed by atoms with E-state index in [2.05, 4.69) is 15.9 Å². The average molecular weight is 304 g/mol. The molecule has 0 radical (unpaired) electrons. The molecule has 0 saturated heterocycles. The molecule has 2 rings (SSSR count). The minimum absolute atomic E-state index is 0.387. The predicted molar refractivity (Wildman–Crippen MR) is 71.9 cm³/mol. The van der Waals surface area contributed by atoms with Crippen LogP contribution in [0.15, 0.2) is 12.1 Å². The summed E-state index contributed by atoms with van der Waals surface area (Å²) in [4.78, 5) is 0. The molecule has 1 fully saturated rings. The Morgan fingerprint density at radius 2 is 1.88 bits per heavy atom. The molecular weight excluding hydrogens is 287 g/mol. The molecule has 1 nitrogen and oxygen atoms in total. The summed E-state index contributed by atoms with van der Waals surface area (Å²) in [6.45, 7) is 4.89. The smallest absolute Gasteiger partial charge is 0.125 e. The summed E-state index contributed by atoms with van der Waals surface area (Å²) in [5.74, 6) is 0.997. The molecule has 0 bridgehead atoms. The molecule has 0 heterocycles. The molecule has 0 atom stereocenters. The van der Waals surface area contributed by atoms with Crippen LogP contribution in [-0.2, 0) is 0 Å². The first-order chi connectivity index (χ1) is 7.56. The first-order valence-electron chi connectivity index (χ1n) is 5.52. The highest BCUT2D eigenvalue weighted by Crippen LogP contribution is 2.47. The van der Waals surface area contributed by atoms with E-state index in [1.165, 1.54) is 12.8 Å². The molecule has 1 aromatic rings. The van der Waals surface area contributed by atoms with Crippen LogP contribution in [0.5, 0.6) is 5.75 Å². The molecule has 16 heavy (non-hydrogen) atoms. The van der Waals surface area contributed by atoms with Gasteiger partial charge in [0.25, 0.3) is 0 Å². The Kier molecular flexibility index (Phi) is 3.50. The zero-order chi connectivity index (χ0) is 11.8. The summed E-state index contributed by atoms with van der Waals surface area (Å²) < 4.78 is 5.95. The monoisotopic (exact) mass is 302 g/mol. The maximum Gasteiger partial charge on any atom is 0.125 e. The molecule has 3 heteroatoms. The fourth-order valence-electron chi connectivity index (χ4n) is 1.84. The highest BCUT2D eigenvalue weighted by atomic mass is 79.9. The minimum atomic E-state index is 0.387. The van der Waals surface area contributed by atoms with Crippen molar-refractivity contribution in [3.8, 4) is 5.75 Å². The first-order valence-corrected chi connectivity index (χ1v) is 7.02. The third-order valence-electron chi connectivity index (χ3n) is 3.19. The maximum atomic E-state index is 5.99. The van der Waals surface area contributed by atoms with Crippen molar-refractivity contribution in [3.63, 3.8) is 0 Å². The van der Waals surface area contributed by atoms with Crippen molar-refractivity contribution in [3.05, 3.63) is 28.3 Å². The lowest BCUT2D eigenvalue weighted by molar-refractivity contribution is 0.248. The standard InChI is InChI=1S/C13H16BrClO/c1-9-5-11(15)6-10(2)12(9)16-8-13(7-14)3-4-13/h5-6H,3-4,7-8H2,1-2H3. The van der Waals surface area contributed by atoms with Crippen LogP contribution in [0, 0.1) is 19.3 Å². The summed E-state index contributed by atoms with van der Waals surface area (Å²) >= 11 is 9.54. The molecular formula is C13H16BrClO. The second-order valence-corrected chi connectivity index (χ2v) is 5.79. The molecule has 88 valence electrons. The lowest BCUT2D eigenvalue weighted by Crippen LogP contribution is -2.15. The van der Waals surface area contributed by atoms with E-state index in [0.717, 1.165) is 33.8 Å². The van der Waals surface area contributed by atoms with E-state index >= 15 is 0 Å². The van der Waals surface area contributed by atoms with Gasteiger partial charge in [0.05, 0.1) is 6.61 Å². The van der Waals surface area contributed by atoms with Crippen LogP contribution in [0.4, 0.5) is 0 Å². The van der Waals surface area contributed by atoms with Gasteiger partial charge in [-0.15, -0.1) is 0 Å². The van der Waals surface area contributed by atoms with Gasteiger partial charge in [-0.1, -0.05) is 27.5 Å². The molecule has 0 unspecified atom stereocenters. The van der Waals surface area contributed by atoms with E-state index in [0.29, 0.717) is 5.41 Å². The first kappa shape index (κ1) is 12.3. The number of ether oxygens (including phenoxy) is 1. The van der Waals surface area contributed by atoms with E-state index in [9.17, 15) is 0 Å². The van der Waals surface area contributed by atoms with E-state index in [1.54, 1.807) is 0 Å². The molecule has 0 amide bonds. The number of hydrogen-bond donors (Lipinski definition) is 0. The third kappa shape index (κ3) is 2.54. The zero-order valence-electron chi connectivity index (χ0n) is 9.65. The molecule has 0 N–H and O–H groups in total. The van der Waals surface area contributed by atoms with Crippen molar-refractivity contribution in [2.45, 2.75) is 26.7 Å². The van der Waals surface area contributed by atoms with Gasteiger partial charge in [0.2, 0.25) is 0 Å². The van der Waals surface area contributed by atoms with Gasteiger partial charge in [-0.25, -0.2) is 0 Å². The second kappa shape index (κ2) is 4.58. The van der Waals surface area contributed by atoms with E-state index in [4.69, 9.17) is 16.3 Å². The zero-order valence-corrected chi connectivity index (χ0v) is 12.0. The summed E-state index contributed by atoms with van der Waals surface area (Å²) in [7, 11) is 0. The minimum Gasteiger partial charge on any atom is -0.492 e. The highest BCUT2D eigenvalue weighted by Gasteiger charge is 2.42. The SMILES string of the molecule is Cc1cc(Cl)cc(C)c1OCC1(CBr)CC1. The predicted octanol–water partition coefficient (Wildman–Crippen LogP) is 4.51. The van der Waals surface area contributed by atoms with Crippen LogP contribution < -0.4 is 4.74 Å². The normalized spacial score (nSPS) is 17.2. The quantitative estimate of drug-likeness (QED) is 0.744. The molecule has 1 aromatic carbocycles. The Balaban J connectivity index is 2.09. The summed E-state index contributed by atoms with van der Waals surface area (Å²) in [6, 6.07) is 3.91. The van der Waals surface area contributed by atoms with Crippen molar-refractivity contribution in [2.24, 2.45) is 5.41 Å². The molecule has 1 aliphatic carbocycles. The fraction of sp³-hybridized carbons (Fsp3) is 0.538. The number of alkyl halides is 1. The molecule has 0 aliphatic heterocycles. The lowest BCUT2D eigenvalue weighted by atomic mass is 10.1. The Bertz CT molecular complexity index is 376. The van der Waals surface area contributed by atoms with Gasteiger partial charge in [-0.05, 0) is 49.9 Å². The Morgan fingerprint density at radius 3 is 2.31 bits per heavy atom. The van der Waals surface area contributed by atoms with Gasteiger partial charge in [0.1, 0.15) is 5.75 Å². The number of halogens is 2. The van der Waals surface area contributed by atoms with Gasteiger partial charge >= 0.3 is 0 Å². The van der Waals surface area contributed by atoms with Crippen molar-refractivity contribution in [2.75, 3.05) is 11.9 Å². The Hall–Kier alpha value is -0.210.